The number of rotatable bonds is 5. The van der Waals surface area contributed by atoms with Gasteiger partial charge in [0.2, 0.25) is 0 Å². The van der Waals surface area contributed by atoms with Crippen molar-refractivity contribution in [3.8, 4) is 0 Å². The van der Waals surface area contributed by atoms with Crippen molar-refractivity contribution in [2.24, 2.45) is 0 Å². The number of fused-ring (bicyclic) bond motifs is 1. The third-order valence-corrected chi connectivity index (χ3v) is 4.15. The van der Waals surface area contributed by atoms with Crippen molar-refractivity contribution < 1.29 is 27.5 Å². The molecule has 5 nitrogen and oxygen atoms in total. The number of carbonyl (C=O) groups excluding carboxylic acids is 2. The summed E-state index contributed by atoms with van der Waals surface area (Å²) >= 11 is 5.76. The Morgan fingerprint density at radius 3 is 2.46 bits per heavy atom. The van der Waals surface area contributed by atoms with Crippen LogP contribution in [0.4, 0.5) is 13.2 Å². The maximum Gasteiger partial charge on any atom is 0.416 e. The fourth-order valence-corrected chi connectivity index (χ4v) is 2.59. The summed E-state index contributed by atoms with van der Waals surface area (Å²) in [4.78, 5) is 26.5. The van der Waals surface area contributed by atoms with Crippen LogP contribution in [0.5, 0.6) is 0 Å². The highest BCUT2D eigenvalue weighted by Gasteiger charge is 2.30. The fraction of sp³-hybridized carbons (Fsp3) is 0.158. The molecule has 1 aromatic heterocycles. The third kappa shape index (κ3) is 4.83. The van der Waals surface area contributed by atoms with Crippen LogP contribution in [0.3, 0.4) is 0 Å². The van der Waals surface area contributed by atoms with Crippen molar-refractivity contribution in [3.63, 3.8) is 0 Å². The van der Waals surface area contributed by atoms with Crippen molar-refractivity contribution in [1.29, 1.82) is 0 Å². The van der Waals surface area contributed by atoms with Crippen molar-refractivity contribution in [2.45, 2.75) is 12.8 Å². The summed E-state index contributed by atoms with van der Waals surface area (Å²) in [7, 11) is 0. The van der Waals surface area contributed by atoms with Gasteiger partial charge in [-0.1, -0.05) is 29.8 Å². The van der Waals surface area contributed by atoms with E-state index in [9.17, 15) is 22.8 Å². The lowest BCUT2D eigenvalue weighted by molar-refractivity contribution is -0.143. The van der Waals surface area contributed by atoms with Crippen LogP contribution >= 0.6 is 11.6 Å². The SMILES string of the molecule is O=C(CNC(=O)c1cc2ccc(C(F)(F)F)cc2[nH]1)OCc1ccc(Cl)cc1. The van der Waals surface area contributed by atoms with Gasteiger partial charge in [-0.15, -0.1) is 0 Å². The number of carbonyl (C=O) groups is 2. The normalized spacial score (nSPS) is 11.4. The third-order valence-electron chi connectivity index (χ3n) is 3.90. The summed E-state index contributed by atoms with van der Waals surface area (Å²) in [6.07, 6.45) is -4.48. The summed E-state index contributed by atoms with van der Waals surface area (Å²) < 4.78 is 43.3. The molecule has 0 spiro atoms. The van der Waals surface area contributed by atoms with Gasteiger partial charge in [-0.3, -0.25) is 9.59 Å². The van der Waals surface area contributed by atoms with Crippen LogP contribution in [0.2, 0.25) is 5.02 Å². The molecule has 0 fully saturated rings. The lowest BCUT2D eigenvalue weighted by atomic mass is 10.1. The minimum absolute atomic E-state index is 0.0263. The van der Waals surface area contributed by atoms with Crippen LogP contribution in [-0.2, 0) is 22.3 Å². The van der Waals surface area contributed by atoms with Gasteiger partial charge in [0.05, 0.1) is 5.56 Å². The number of ether oxygens (including phenoxy) is 1. The average Bonchev–Trinajstić information content (AvgIpc) is 3.08. The molecule has 2 N–H and O–H groups in total. The molecule has 3 rings (SSSR count). The van der Waals surface area contributed by atoms with Gasteiger partial charge in [-0.25, -0.2) is 0 Å². The van der Waals surface area contributed by atoms with Gasteiger partial charge < -0.3 is 15.0 Å². The van der Waals surface area contributed by atoms with Crippen LogP contribution in [0.25, 0.3) is 10.9 Å². The molecule has 0 atom stereocenters. The number of aromatic amines is 1. The molecule has 0 aliphatic rings. The maximum atomic E-state index is 12.8. The summed E-state index contributed by atoms with van der Waals surface area (Å²) in [6, 6.07) is 11.3. The number of benzene rings is 2. The Morgan fingerprint density at radius 1 is 1.07 bits per heavy atom. The summed E-state index contributed by atoms with van der Waals surface area (Å²) in [5, 5.41) is 3.37. The summed E-state index contributed by atoms with van der Waals surface area (Å²) in [5.41, 5.74) is 0.130. The van der Waals surface area contributed by atoms with Gasteiger partial charge in [0.15, 0.2) is 0 Å². The highest BCUT2D eigenvalue weighted by Crippen LogP contribution is 2.31. The quantitative estimate of drug-likeness (QED) is 0.616. The van der Waals surface area contributed by atoms with Gasteiger partial charge in [-0.2, -0.15) is 13.2 Å². The van der Waals surface area contributed by atoms with E-state index in [1.165, 1.54) is 12.1 Å². The number of H-pyrrole nitrogens is 1. The Labute approximate surface area is 162 Å². The Balaban J connectivity index is 1.56. The van der Waals surface area contributed by atoms with E-state index in [0.717, 1.165) is 17.7 Å². The Bertz CT molecular complexity index is 1010. The molecule has 0 radical (unpaired) electrons. The number of nitrogens with one attached hydrogen (secondary N) is 2. The molecule has 2 aromatic carbocycles. The number of esters is 1. The number of amides is 1. The fourth-order valence-electron chi connectivity index (χ4n) is 2.47. The molecule has 0 bridgehead atoms. The lowest BCUT2D eigenvalue weighted by Gasteiger charge is -2.06. The zero-order valence-electron chi connectivity index (χ0n) is 14.3. The van der Waals surface area contributed by atoms with Crippen LogP contribution in [-0.4, -0.2) is 23.4 Å². The second-order valence-corrected chi connectivity index (χ2v) is 6.39. The first-order valence-corrected chi connectivity index (χ1v) is 8.48. The van der Waals surface area contributed by atoms with Gasteiger partial charge in [0, 0.05) is 15.9 Å². The van der Waals surface area contributed by atoms with Crippen LogP contribution in [0.15, 0.2) is 48.5 Å². The molecule has 0 aliphatic heterocycles. The van der Waals surface area contributed by atoms with Gasteiger partial charge in [-0.05, 0) is 35.9 Å². The van der Waals surface area contributed by atoms with Crippen LogP contribution < -0.4 is 5.32 Å². The maximum absolute atomic E-state index is 12.8. The smallest absolute Gasteiger partial charge is 0.416 e. The molecule has 1 heterocycles. The minimum atomic E-state index is -4.48. The number of halogens is 4. The molecule has 0 saturated heterocycles. The zero-order valence-corrected chi connectivity index (χ0v) is 15.0. The van der Waals surface area contributed by atoms with Crippen molar-refractivity contribution in [1.82, 2.24) is 10.3 Å². The number of hydrogen-bond acceptors (Lipinski definition) is 3. The van der Waals surface area contributed by atoms with E-state index in [2.05, 4.69) is 10.3 Å². The Kier molecular flexibility index (Phi) is 5.60. The second kappa shape index (κ2) is 7.93. The van der Waals surface area contributed by atoms with E-state index in [1.807, 2.05) is 0 Å². The average molecular weight is 411 g/mol. The molecule has 146 valence electrons. The number of alkyl halides is 3. The number of hydrogen-bond donors (Lipinski definition) is 2. The predicted molar refractivity (Wildman–Crippen MR) is 96.9 cm³/mol. The first-order chi connectivity index (χ1) is 13.2. The standard InChI is InChI=1S/C19H14ClF3N2O3/c20-14-5-1-11(2-6-14)10-28-17(26)9-24-18(27)16-7-12-3-4-13(19(21,22)23)8-15(12)25-16/h1-8,25H,9-10H2,(H,24,27). The summed E-state index contributed by atoms with van der Waals surface area (Å²) in [6.45, 7) is -0.353. The van der Waals surface area contributed by atoms with E-state index in [-0.39, 0.29) is 24.4 Å². The van der Waals surface area contributed by atoms with Crippen LogP contribution in [0.1, 0.15) is 21.6 Å². The van der Waals surface area contributed by atoms with Crippen molar-refractivity contribution >= 4 is 34.4 Å². The van der Waals surface area contributed by atoms with Gasteiger partial charge >= 0.3 is 12.1 Å². The molecule has 9 heteroatoms. The first kappa shape index (κ1) is 19.8. The molecule has 28 heavy (non-hydrogen) atoms. The summed E-state index contributed by atoms with van der Waals surface area (Å²) in [5.74, 6) is -1.29. The molecule has 3 aromatic rings. The zero-order chi connectivity index (χ0) is 20.3. The number of aromatic nitrogens is 1. The molecule has 0 saturated carbocycles. The Hall–Kier alpha value is -3.00. The van der Waals surface area contributed by atoms with E-state index < -0.39 is 23.6 Å². The second-order valence-electron chi connectivity index (χ2n) is 5.95. The topological polar surface area (TPSA) is 71.2 Å². The van der Waals surface area contributed by atoms with Gasteiger partial charge in [0.1, 0.15) is 18.8 Å². The lowest BCUT2D eigenvalue weighted by Crippen LogP contribution is -2.30. The van der Waals surface area contributed by atoms with E-state index >= 15 is 0 Å². The van der Waals surface area contributed by atoms with Gasteiger partial charge in [0.25, 0.3) is 5.91 Å². The monoisotopic (exact) mass is 410 g/mol. The molecule has 1 amide bonds. The molecular weight excluding hydrogens is 397 g/mol. The van der Waals surface area contributed by atoms with E-state index in [4.69, 9.17) is 16.3 Å². The Morgan fingerprint density at radius 2 is 1.79 bits per heavy atom. The van der Waals surface area contributed by atoms with Crippen molar-refractivity contribution in [2.75, 3.05) is 6.54 Å². The molecule has 0 unspecified atom stereocenters. The van der Waals surface area contributed by atoms with Crippen molar-refractivity contribution in [3.05, 3.63) is 70.4 Å². The highest BCUT2D eigenvalue weighted by molar-refractivity contribution is 6.30. The minimum Gasteiger partial charge on any atom is -0.460 e. The highest BCUT2D eigenvalue weighted by atomic mass is 35.5. The largest absolute Gasteiger partial charge is 0.460 e. The predicted octanol–water partition coefficient (Wildman–Crippen LogP) is 4.31. The van der Waals surface area contributed by atoms with Crippen LogP contribution in [0, 0.1) is 0 Å². The molecule has 0 aliphatic carbocycles. The molecular formula is C19H14ClF3N2O3. The van der Waals surface area contributed by atoms with E-state index in [0.29, 0.717) is 10.4 Å². The van der Waals surface area contributed by atoms with E-state index in [1.54, 1.807) is 24.3 Å². The first-order valence-electron chi connectivity index (χ1n) is 8.10.